The molecule has 1 saturated heterocycles. The number of hydrogen-bond acceptors (Lipinski definition) is 11. The molecule has 1 aromatic heterocycles. The van der Waals surface area contributed by atoms with E-state index in [1.807, 2.05) is 27.7 Å². The highest BCUT2D eigenvalue weighted by molar-refractivity contribution is 7.94. The number of alkyl halides is 2. The number of benzene rings is 2. The SMILES string of the molecule is CC.CC.O=C(CNC(=O)[C@H](CS(=O)(=O)Cc1ccccc1OC(F)F)N=C1NS(=O)(=O)C2=CC=CNC1C2)c1nc2ccccc2o1. The van der Waals surface area contributed by atoms with Crippen LogP contribution in [0.2, 0.25) is 0 Å². The number of sulfonamides is 1. The molecule has 2 bridgehead atoms. The molecule has 1 unspecified atom stereocenters. The van der Waals surface area contributed by atoms with Crippen molar-refractivity contribution in [3.05, 3.63) is 83.2 Å². The van der Waals surface area contributed by atoms with Crippen LogP contribution < -0.4 is 20.1 Å². The number of carbonyl (C=O) groups excluding carboxylic acids is 2. The Hall–Kier alpha value is -4.64. The van der Waals surface area contributed by atoms with E-state index in [0.29, 0.717) is 11.1 Å². The van der Waals surface area contributed by atoms with Crippen LogP contribution in [-0.2, 0) is 30.4 Å². The lowest BCUT2D eigenvalue weighted by Crippen LogP contribution is -2.51. The molecule has 2 aliphatic heterocycles. The summed E-state index contributed by atoms with van der Waals surface area (Å²) < 4.78 is 89.9. The van der Waals surface area contributed by atoms with E-state index in [1.165, 1.54) is 42.6 Å². The predicted molar refractivity (Wildman–Crippen MR) is 177 cm³/mol. The number of sulfone groups is 1. The van der Waals surface area contributed by atoms with E-state index in [1.54, 1.807) is 24.3 Å². The van der Waals surface area contributed by atoms with Crippen molar-refractivity contribution in [1.82, 2.24) is 20.3 Å². The second kappa shape index (κ2) is 17.0. The van der Waals surface area contributed by atoms with Crippen LogP contribution >= 0.6 is 0 Å². The van der Waals surface area contributed by atoms with Gasteiger partial charge in [-0.3, -0.25) is 19.3 Å². The minimum atomic E-state index is -4.28. The molecule has 13 nitrogen and oxygen atoms in total. The molecule has 260 valence electrons. The molecule has 0 saturated carbocycles. The fourth-order valence-corrected chi connectivity index (χ4v) is 7.27. The van der Waals surface area contributed by atoms with E-state index in [2.05, 4.69) is 30.1 Å². The van der Waals surface area contributed by atoms with Crippen molar-refractivity contribution in [3.63, 3.8) is 0 Å². The number of nitrogens with one attached hydrogen (secondary N) is 3. The summed E-state index contributed by atoms with van der Waals surface area (Å²) in [6.07, 6.45) is 4.30. The number of Topliss-reactive ketones (excluding diaryl/α,β-unsaturated/α-hetero) is 1. The van der Waals surface area contributed by atoms with Gasteiger partial charge in [0.1, 0.15) is 23.1 Å². The summed E-state index contributed by atoms with van der Waals surface area (Å²) in [5.74, 6) is -4.37. The first-order valence-corrected chi connectivity index (χ1v) is 18.3. The monoisotopic (exact) mass is 709 g/mol. The van der Waals surface area contributed by atoms with Crippen LogP contribution in [0.25, 0.3) is 11.1 Å². The third-order valence-electron chi connectivity index (χ3n) is 6.52. The smallest absolute Gasteiger partial charge is 0.387 e. The Morgan fingerprint density at radius 3 is 2.50 bits per heavy atom. The number of rotatable bonds is 11. The molecule has 2 atom stereocenters. The molecule has 1 fully saturated rings. The quantitative estimate of drug-likeness (QED) is 0.247. The molecule has 5 rings (SSSR count). The Labute approximate surface area is 277 Å². The minimum Gasteiger partial charge on any atom is -0.435 e. The van der Waals surface area contributed by atoms with Crippen LogP contribution in [0.4, 0.5) is 8.78 Å². The Kier molecular flexibility index (Phi) is 13.4. The number of ketones is 1. The van der Waals surface area contributed by atoms with Gasteiger partial charge in [-0.2, -0.15) is 8.78 Å². The molecule has 2 aromatic carbocycles. The van der Waals surface area contributed by atoms with Crippen molar-refractivity contribution in [2.45, 2.75) is 58.6 Å². The standard InChI is InChI=1S/C27H25F2N5O8S2.2C2H6/c28-27(29)42-22-9-3-1-6-16(22)14-43(37,38)15-20(32-24-19-12-17(7-5-11-30-19)44(39,40)34-24)25(36)31-13-21(35)26-33-18-8-2-4-10-23(18)41-26;2*1-2/h1-11,19-20,27,30H,12-15H2,(H,31,36)(H,32,34);2*1-2H3/t19?,20-;;/m0../s1. The Balaban J connectivity index is 0.00000151. The third-order valence-corrected chi connectivity index (χ3v) is 9.57. The second-order valence-corrected chi connectivity index (χ2v) is 13.6. The van der Waals surface area contributed by atoms with Gasteiger partial charge in [-0.15, -0.1) is 0 Å². The lowest BCUT2D eigenvalue weighted by Gasteiger charge is -2.27. The summed E-state index contributed by atoms with van der Waals surface area (Å²) in [5.41, 5.74) is 0.669. The fraction of sp³-hybridized carbons (Fsp3) is 0.355. The van der Waals surface area contributed by atoms with Gasteiger partial charge in [-0.1, -0.05) is 58.0 Å². The average molecular weight is 710 g/mol. The van der Waals surface area contributed by atoms with Crippen LogP contribution in [0, 0.1) is 0 Å². The van der Waals surface area contributed by atoms with Crippen molar-refractivity contribution in [2.24, 2.45) is 4.99 Å². The summed E-state index contributed by atoms with van der Waals surface area (Å²) in [6.45, 7) is 4.16. The first-order valence-electron chi connectivity index (χ1n) is 15.0. The molecule has 0 aliphatic carbocycles. The number of carbonyl (C=O) groups is 2. The van der Waals surface area contributed by atoms with Crippen LogP contribution in [0.1, 0.15) is 50.4 Å². The highest BCUT2D eigenvalue weighted by Gasteiger charge is 2.36. The molecule has 17 heteroatoms. The third kappa shape index (κ3) is 9.93. The van der Waals surface area contributed by atoms with Crippen LogP contribution in [-0.4, -0.2) is 70.3 Å². The maximum Gasteiger partial charge on any atom is 0.387 e. The number of aliphatic imine (C=N–C) groups is 1. The van der Waals surface area contributed by atoms with Gasteiger partial charge < -0.3 is 19.8 Å². The van der Waals surface area contributed by atoms with Gasteiger partial charge in [-0.05, 0) is 36.6 Å². The number of hydrogen-bond donors (Lipinski definition) is 3. The Bertz CT molecular complexity index is 1870. The normalized spacial score (nSPS) is 17.7. The number of halogens is 2. The summed E-state index contributed by atoms with van der Waals surface area (Å²) in [7, 11) is -8.32. The summed E-state index contributed by atoms with van der Waals surface area (Å²) in [5, 5.41) is 5.24. The topological polar surface area (TPSA) is 186 Å². The molecule has 48 heavy (non-hydrogen) atoms. The molecular formula is C31H37F2N5O8S2. The molecule has 1 amide bonds. The molecular weight excluding hydrogens is 672 g/mol. The number of aromatic nitrogens is 1. The van der Waals surface area contributed by atoms with Gasteiger partial charge in [0.2, 0.25) is 11.7 Å². The number of nitrogens with zero attached hydrogens (tertiary/aromatic N) is 2. The lowest BCUT2D eigenvalue weighted by molar-refractivity contribution is -0.121. The number of oxazole rings is 1. The summed E-state index contributed by atoms with van der Waals surface area (Å²) in [4.78, 5) is 34.4. The number of allylic oxidation sites excluding steroid dienone is 2. The predicted octanol–water partition coefficient (Wildman–Crippen LogP) is 3.86. The van der Waals surface area contributed by atoms with Crippen molar-refractivity contribution in [3.8, 4) is 5.75 Å². The highest BCUT2D eigenvalue weighted by atomic mass is 32.2. The zero-order chi connectivity index (χ0) is 35.5. The lowest BCUT2D eigenvalue weighted by atomic mass is 10.1. The second-order valence-electron chi connectivity index (χ2n) is 9.72. The van der Waals surface area contributed by atoms with Crippen LogP contribution in [0.15, 0.2) is 81.2 Å². The molecule has 2 aliphatic rings. The van der Waals surface area contributed by atoms with Crippen molar-refractivity contribution in [1.29, 1.82) is 0 Å². The Morgan fingerprint density at radius 2 is 1.79 bits per heavy atom. The van der Waals surface area contributed by atoms with E-state index in [4.69, 9.17) is 4.42 Å². The zero-order valence-corrected chi connectivity index (χ0v) is 28.3. The molecule has 3 aromatic rings. The average Bonchev–Trinajstić information content (AvgIpc) is 3.36. The van der Waals surface area contributed by atoms with E-state index >= 15 is 0 Å². The first-order chi connectivity index (χ1) is 22.9. The van der Waals surface area contributed by atoms with Crippen LogP contribution in [0.5, 0.6) is 5.75 Å². The number of fused-ring (bicyclic) bond motifs is 3. The first kappa shape index (κ1) is 37.8. The summed E-state index contributed by atoms with van der Waals surface area (Å²) in [6, 6.07) is 9.37. The Morgan fingerprint density at radius 1 is 1.10 bits per heavy atom. The van der Waals surface area contributed by atoms with Crippen molar-refractivity contribution >= 4 is 48.5 Å². The number of amidine groups is 1. The largest absolute Gasteiger partial charge is 0.435 e. The maximum absolute atomic E-state index is 13.3. The van der Waals surface area contributed by atoms with E-state index in [0.717, 1.165) is 0 Å². The molecule has 0 spiro atoms. The van der Waals surface area contributed by atoms with Gasteiger partial charge in [0.25, 0.3) is 15.9 Å². The minimum absolute atomic E-state index is 0.0309. The van der Waals surface area contributed by atoms with E-state index in [-0.39, 0.29) is 34.4 Å². The van der Waals surface area contributed by atoms with Gasteiger partial charge in [0.05, 0.1) is 29.0 Å². The molecule has 0 radical (unpaired) electrons. The summed E-state index contributed by atoms with van der Waals surface area (Å²) >= 11 is 0. The van der Waals surface area contributed by atoms with Crippen molar-refractivity contribution < 1.29 is 44.4 Å². The van der Waals surface area contributed by atoms with E-state index < -0.39 is 68.3 Å². The van der Waals surface area contributed by atoms with Gasteiger partial charge in [-0.25, -0.2) is 21.8 Å². The fourth-order valence-electron chi connectivity index (χ4n) is 4.48. The molecule has 3 heterocycles. The number of ether oxygens (including phenoxy) is 1. The van der Waals surface area contributed by atoms with Crippen molar-refractivity contribution in [2.75, 3.05) is 12.3 Å². The van der Waals surface area contributed by atoms with Gasteiger partial charge in [0.15, 0.2) is 15.4 Å². The highest BCUT2D eigenvalue weighted by Crippen LogP contribution is 2.24. The maximum atomic E-state index is 13.3. The zero-order valence-electron chi connectivity index (χ0n) is 26.6. The van der Waals surface area contributed by atoms with Gasteiger partial charge >= 0.3 is 6.61 Å². The van der Waals surface area contributed by atoms with Crippen LogP contribution in [0.3, 0.4) is 0 Å². The number of para-hydroxylation sites is 3. The van der Waals surface area contributed by atoms with Gasteiger partial charge in [0, 0.05) is 12.0 Å². The number of amides is 1. The van der Waals surface area contributed by atoms with E-state index in [9.17, 15) is 35.2 Å². The molecule has 3 N–H and O–H groups in total.